The van der Waals surface area contributed by atoms with Crippen molar-refractivity contribution < 1.29 is 0 Å². The summed E-state index contributed by atoms with van der Waals surface area (Å²) in [6, 6.07) is 20.4. The van der Waals surface area contributed by atoms with Gasteiger partial charge < -0.3 is 0 Å². The van der Waals surface area contributed by atoms with Gasteiger partial charge in [0.1, 0.15) is 0 Å². The first-order valence-electron chi connectivity index (χ1n) is 6.76. The van der Waals surface area contributed by atoms with E-state index in [0.717, 1.165) is 10.9 Å². The number of H-pyrrole nitrogens is 1. The molecule has 3 nitrogen and oxygen atoms in total. The number of halogens is 1. The maximum absolute atomic E-state index is 9.86. The molecule has 0 radical (unpaired) electrons. The van der Waals surface area contributed by atoms with Crippen LogP contribution in [-0.2, 0) is 8.07 Å². The van der Waals surface area contributed by atoms with E-state index in [1.165, 1.54) is 8.47 Å². The van der Waals surface area contributed by atoms with Crippen LogP contribution in [0, 0.1) is 19.8 Å². The van der Waals surface area contributed by atoms with Crippen LogP contribution in [0.1, 0.15) is 5.69 Å². The molecule has 0 bridgehead atoms. The standard InChI is InChI=1S/C17H15IN3S/c1-14-12-20-17(21-14)22(16-10-6-3-7-11-16)18(13-19)15-8-4-2-5-9-15/h2-12H,1H3,(H,20,21)/q+1. The van der Waals surface area contributed by atoms with Gasteiger partial charge in [-0.2, -0.15) is 0 Å². The quantitative estimate of drug-likeness (QED) is 0.498. The topological polar surface area (TPSA) is 52.5 Å². The predicted octanol–water partition coefficient (Wildman–Crippen LogP) is 4.53. The molecular formula is C17H15IN3S+. The van der Waals surface area contributed by atoms with E-state index in [1.807, 2.05) is 49.5 Å². The molecule has 0 amide bonds. The molecular weight excluding hydrogens is 405 g/mol. The van der Waals surface area contributed by atoms with E-state index in [9.17, 15) is 5.26 Å². The fourth-order valence-corrected chi connectivity index (χ4v) is 12.1. The van der Waals surface area contributed by atoms with Gasteiger partial charge in [0.25, 0.3) is 0 Å². The Labute approximate surface area is 138 Å². The molecule has 110 valence electrons. The summed E-state index contributed by atoms with van der Waals surface area (Å²) < 4.78 is 3.81. The van der Waals surface area contributed by atoms with Gasteiger partial charge in [-0.25, -0.2) is 0 Å². The first-order valence-corrected chi connectivity index (χ1v) is 12.7. The Balaban J connectivity index is 2.11. The molecule has 0 saturated carbocycles. The molecule has 1 unspecified atom stereocenters. The summed E-state index contributed by atoms with van der Waals surface area (Å²) in [7, 11) is -0.290. The molecule has 0 aliphatic heterocycles. The fraction of sp³-hybridized carbons (Fsp3) is 0.0588. The second-order valence-electron chi connectivity index (χ2n) is 4.57. The summed E-state index contributed by atoms with van der Waals surface area (Å²) in [6.45, 7) is 2.00. The number of aromatic amines is 1. The Morgan fingerprint density at radius 1 is 1.05 bits per heavy atom. The molecule has 0 aliphatic carbocycles. The van der Waals surface area contributed by atoms with Gasteiger partial charge in [-0.15, -0.1) is 0 Å². The van der Waals surface area contributed by atoms with Crippen LogP contribution in [-0.4, -0.2) is 9.97 Å². The Bertz CT molecular complexity index is 780. The SMILES string of the molecule is Cc1cnc([S+](c2ccccc2)I(C#N)c2ccccc2)[nH]1. The van der Waals surface area contributed by atoms with E-state index in [2.05, 4.69) is 38.3 Å². The van der Waals surface area contributed by atoms with E-state index < -0.39 is 18.4 Å². The Morgan fingerprint density at radius 3 is 2.23 bits per heavy atom. The minimum atomic E-state index is -2.10. The molecule has 0 saturated heterocycles. The Morgan fingerprint density at radius 2 is 1.68 bits per heavy atom. The van der Waals surface area contributed by atoms with Gasteiger partial charge in [-0.1, -0.05) is 0 Å². The zero-order valence-electron chi connectivity index (χ0n) is 12.0. The van der Waals surface area contributed by atoms with Crippen molar-refractivity contribution in [3.8, 4) is 4.08 Å². The molecule has 3 aromatic rings. The summed E-state index contributed by atoms with van der Waals surface area (Å²) in [5.74, 6) is 0. The van der Waals surface area contributed by atoms with Crippen molar-refractivity contribution in [2.24, 2.45) is 0 Å². The van der Waals surface area contributed by atoms with Crippen LogP contribution in [0.3, 0.4) is 0 Å². The van der Waals surface area contributed by atoms with E-state index >= 15 is 0 Å². The van der Waals surface area contributed by atoms with E-state index in [-0.39, 0.29) is 8.07 Å². The Hall–Kier alpha value is -1.78. The van der Waals surface area contributed by atoms with Crippen molar-refractivity contribution in [3.63, 3.8) is 0 Å². The van der Waals surface area contributed by atoms with Gasteiger partial charge in [0.05, 0.1) is 0 Å². The summed E-state index contributed by atoms with van der Waals surface area (Å²) >= 11 is -2.10. The van der Waals surface area contributed by atoms with Crippen LogP contribution in [0.2, 0.25) is 0 Å². The number of nitrogens with zero attached hydrogens (tertiary/aromatic N) is 2. The zero-order valence-corrected chi connectivity index (χ0v) is 15.0. The third-order valence-corrected chi connectivity index (χ3v) is 13.9. The van der Waals surface area contributed by atoms with Crippen LogP contribution >= 0.6 is 18.4 Å². The summed E-state index contributed by atoms with van der Waals surface area (Å²) in [5.41, 5.74) is 1.03. The van der Waals surface area contributed by atoms with Gasteiger partial charge in [0.15, 0.2) is 0 Å². The summed E-state index contributed by atoms with van der Waals surface area (Å²) in [4.78, 5) is 9.07. The molecule has 3 rings (SSSR count). The van der Waals surface area contributed by atoms with Crippen LogP contribution in [0.5, 0.6) is 0 Å². The third kappa shape index (κ3) is 3.18. The number of nitrogens with one attached hydrogen (secondary N) is 1. The molecule has 0 aliphatic rings. The number of hydrogen-bond acceptors (Lipinski definition) is 2. The van der Waals surface area contributed by atoms with Crippen molar-refractivity contribution in [2.45, 2.75) is 17.0 Å². The van der Waals surface area contributed by atoms with E-state index in [1.54, 1.807) is 0 Å². The van der Waals surface area contributed by atoms with E-state index in [4.69, 9.17) is 0 Å². The molecule has 0 spiro atoms. The molecule has 0 fully saturated rings. The zero-order chi connectivity index (χ0) is 15.4. The molecule has 1 N–H and O–H groups in total. The van der Waals surface area contributed by atoms with Gasteiger partial charge in [-0.05, 0) is 0 Å². The van der Waals surface area contributed by atoms with Gasteiger partial charge in [0.2, 0.25) is 0 Å². The van der Waals surface area contributed by atoms with Gasteiger partial charge >= 0.3 is 139 Å². The number of aromatic nitrogens is 2. The van der Waals surface area contributed by atoms with Crippen LogP contribution < -0.4 is 0 Å². The van der Waals surface area contributed by atoms with Crippen LogP contribution in [0.4, 0.5) is 0 Å². The average molecular weight is 420 g/mol. The molecule has 1 aromatic heterocycles. The molecule has 2 aromatic carbocycles. The number of nitriles is 1. The van der Waals surface area contributed by atoms with Crippen molar-refractivity contribution in [3.05, 3.63) is 76.1 Å². The molecule has 5 heteroatoms. The first-order chi connectivity index (χ1) is 10.8. The minimum absolute atomic E-state index is 0.290. The number of benzene rings is 2. The molecule has 1 atom stereocenters. The number of hydrogen-bond donors (Lipinski definition) is 1. The van der Waals surface area contributed by atoms with Crippen molar-refractivity contribution in [1.29, 1.82) is 5.26 Å². The van der Waals surface area contributed by atoms with E-state index in [0.29, 0.717) is 0 Å². The number of rotatable bonds is 4. The fourth-order valence-electron chi connectivity index (χ4n) is 1.99. The van der Waals surface area contributed by atoms with Crippen LogP contribution in [0.15, 0.2) is 76.9 Å². The van der Waals surface area contributed by atoms with Crippen LogP contribution in [0.25, 0.3) is 0 Å². The average Bonchev–Trinajstić information content (AvgIpc) is 3.00. The predicted molar refractivity (Wildman–Crippen MR) is 98.4 cm³/mol. The maximum atomic E-state index is 9.86. The first kappa shape index (κ1) is 15.1. The van der Waals surface area contributed by atoms with Crippen molar-refractivity contribution >= 4 is 26.5 Å². The number of imidazole rings is 1. The van der Waals surface area contributed by atoms with Gasteiger partial charge in [0, 0.05) is 0 Å². The second kappa shape index (κ2) is 6.99. The Kier molecular flexibility index (Phi) is 4.80. The second-order valence-corrected chi connectivity index (χ2v) is 13.8. The van der Waals surface area contributed by atoms with Crippen molar-refractivity contribution in [2.75, 3.05) is 0 Å². The van der Waals surface area contributed by atoms with Crippen molar-refractivity contribution in [1.82, 2.24) is 9.97 Å². The third-order valence-electron chi connectivity index (χ3n) is 2.96. The monoisotopic (exact) mass is 420 g/mol. The molecule has 1 heterocycles. The summed E-state index contributed by atoms with van der Waals surface area (Å²) in [6.07, 6.45) is 1.84. The molecule has 22 heavy (non-hydrogen) atoms. The number of aryl methyl sites for hydroxylation is 1. The normalized spacial score (nSPS) is 12.5. The summed E-state index contributed by atoms with van der Waals surface area (Å²) in [5, 5.41) is 10.8. The van der Waals surface area contributed by atoms with Gasteiger partial charge in [-0.3, -0.25) is 0 Å².